The van der Waals surface area contributed by atoms with Gasteiger partial charge in [0.2, 0.25) is 5.82 Å². The summed E-state index contributed by atoms with van der Waals surface area (Å²) in [6.45, 7) is 5.61. The van der Waals surface area contributed by atoms with Gasteiger partial charge in [-0.3, -0.25) is 9.59 Å². The first kappa shape index (κ1) is 18.9. The number of halogens is 1. The van der Waals surface area contributed by atoms with E-state index in [-0.39, 0.29) is 29.8 Å². The third kappa shape index (κ3) is 3.51. The largest absolute Gasteiger partial charge is 0.489 e. The molecule has 3 heterocycles. The Bertz CT molecular complexity index is 1120. The summed E-state index contributed by atoms with van der Waals surface area (Å²) in [5.74, 6) is -1.44. The lowest BCUT2D eigenvalue weighted by molar-refractivity contribution is -0.118. The first-order valence-electron chi connectivity index (χ1n) is 9.24. The smallest absolute Gasteiger partial charge is 0.291 e. The molecule has 0 fully saturated rings. The Labute approximate surface area is 166 Å². The highest BCUT2D eigenvalue weighted by molar-refractivity contribution is 6.01. The number of pyridine rings is 1. The van der Waals surface area contributed by atoms with Gasteiger partial charge in [0.05, 0.1) is 0 Å². The number of aromatic nitrogens is 3. The lowest BCUT2D eigenvalue weighted by Crippen LogP contribution is -2.46. The summed E-state index contributed by atoms with van der Waals surface area (Å²) in [7, 11) is 0. The number of aryl methyl sites for hydroxylation is 1. The minimum atomic E-state index is -1.02. The second kappa shape index (κ2) is 7.16. The second-order valence-electron chi connectivity index (χ2n) is 7.26. The molecule has 9 heteroatoms. The Balaban J connectivity index is 1.56. The maximum absolute atomic E-state index is 14.2. The van der Waals surface area contributed by atoms with Crippen LogP contribution in [0.25, 0.3) is 5.65 Å². The quantitative estimate of drug-likeness (QED) is 0.707. The number of benzene rings is 1. The molecule has 1 aromatic carbocycles. The van der Waals surface area contributed by atoms with Crippen LogP contribution < -0.4 is 15.4 Å². The van der Waals surface area contributed by atoms with Crippen molar-refractivity contribution in [2.24, 2.45) is 0 Å². The molecule has 0 saturated carbocycles. The topological polar surface area (TPSA) is 97.6 Å². The van der Waals surface area contributed by atoms with Gasteiger partial charge in [0, 0.05) is 5.69 Å². The van der Waals surface area contributed by atoms with Crippen molar-refractivity contribution in [3.05, 3.63) is 53.2 Å². The molecule has 8 nitrogen and oxygen atoms in total. The normalized spacial score (nSPS) is 16.2. The van der Waals surface area contributed by atoms with Crippen molar-refractivity contribution >= 4 is 23.1 Å². The van der Waals surface area contributed by atoms with Crippen LogP contribution in [0.15, 0.2) is 30.3 Å². The summed E-state index contributed by atoms with van der Waals surface area (Å²) in [6, 6.07) is 7.41. The number of nitrogens with zero attached hydrogens (tertiary/aromatic N) is 3. The molecule has 2 N–H and O–H groups in total. The zero-order chi connectivity index (χ0) is 20.7. The van der Waals surface area contributed by atoms with Gasteiger partial charge in [-0.15, -0.1) is 5.10 Å². The Morgan fingerprint density at radius 1 is 1.38 bits per heavy atom. The number of nitrogens with one attached hydrogen (secondary N) is 2. The average molecular weight is 397 g/mol. The van der Waals surface area contributed by atoms with E-state index in [0.717, 1.165) is 5.69 Å². The molecule has 1 unspecified atom stereocenters. The van der Waals surface area contributed by atoms with Gasteiger partial charge in [-0.2, -0.15) is 0 Å². The molecule has 3 aromatic rings. The van der Waals surface area contributed by atoms with Gasteiger partial charge in [-0.05, 0) is 42.7 Å². The molecule has 4 rings (SSSR count). The highest BCUT2D eigenvalue weighted by Crippen LogP contribution is 2.31. The van der Waals surface area contributed by atoms with Crippen molar-refractivity contribution in [2.45, 2.75) is 32.7 Å². The molecule has 1 aliphatic rings. The molecule has 1 atom stereocenters. The van der Waals surface area contributed by atoms with Crippen LogP contribution in [0.3, 0.4) is 0 Å². The monoisotopic (exact) mass is 397 g/mol. The van der Waals surface area contributed by atoms with Crippen LogP contribution in [0.2, 0.25) is 0 Å². The molecular weight excluding hydrogens is 377 g/mol. The number of carbonyl (C=O) groups excluding carboxylic acids is 2. The van der Waals surface area contributed by atoms with E-state index < -0.39 is 23.7 Å². The maximum atomic E-state index is 14.2. The van der Waals surface area contributed by atoms with Crippen LogP contribution in [0.4, 0.5) is 10.1 Å². The molecule has 0 saturated heterocycles. The van der Waals surface area contributed by atoms with Crippen LogP contribution >= 0.6 is 0 Å². The minimum Gasteiger partial charge on any atom is -0.489 e. The lowest BCUT2D eigenvalue weighted by Gasteiger charge is -2.13. The number of hydrogen-bond acceptors (Lipinski definition) is 5. The predicted molar refractivity (Wildman–Crippen MR) is 104 cm³/mol. The Morgan fingerprint density at radius 2 is 2.17 bits per heavy atom. The van der Waals surface area contributed by atoms with E-state index in [1.165, 1.54) is 6.07 Å². The van der Waals surface area contributed by atoms with Crippen LogP contribution in [-0.2, 0) is 4.79 Å². The fraction of sp³-hybridized carbons (Fsp3) is 0.300. The molecule has 0 radical (unpaired) electrons. The Morgan fingerprint density at radius 3 is 2.93 bits per heavy atom. The molecule has 0 aliphatic carbocycles. The average Bonchev–Trinajstić information content (AvgIpc) is 3.04. The van der Waals surface area contributed by atoms with Crippen LogP contribution in [0.5, 0.6) is 5.75 Å². The zero-order valence-corrected chi connectivity index (χ0v) is 16.2. The van der Waals surface area contributed by atoms with E-state index in [2.05, 4.69) is 20.7 Å². The lowest BCUT2D eigenvalue weighted by atomic mass is 10.1. The van der Waals surface area contributed by atoms with Gasteiger partial charge in [-0.1, -0.05) is 19.9 Å². The second-order valence-corrected chi connectivity index (χ2v) is 7.26. The number of anilines is 1. The standard InChI is InChI=1S/C20H20FN5O3/c1-10(2)14-5-4-6-16-23-18(25-26(14)16)20(28)22-13-9-29-15-8-11(3)7-12(21)17(15)24-19(13)27/h4-8,10,13H,9H2,1-3H3,(H,22,28)(H,24,27). The molecule has 2 aromatic heterocycles. The first-order chi connectivity index (χ1) is 13.8. The molecule has 2 amide bonds. The number of rotatable bonds is 3. The third-order valence-corrected chi connectivity index (χ3v) is 4.66. The van der Waals surface area contributed by atoms with E-state index in [4.69, 9.17) is 4.74 Å². The number of ether oxygens (including phenoxy) is 1. The minimum absolute atomic E-state index is 0.0372. The molecule has 29 heavy (non-hydrogen) atoms. The number of amides is 2. The fourth-order valence-electron chi connectivity index (χ4n) is 3.19. The van der Waals surface area contributed by atoms with E-state index >= 15 is 0 Å². The summed E-state index contributed by atoms with van der Waals surface area (Å²) in [5.41, 5.74) is 2.07. The van der Waals surface area contributed by atoms with Crippen molar-refractivity contribution < 1.29 is 18.7 Å². The van der Waals surface area contributed by atoms with Crippen LogP contribution in [-0.4, -0.2) is 39.1 Å². The Kier molecular flexibility index (Phi) is 4.65. The molecule has 0 bridgehead atoms. The first-order valence-corrected chi connectivity index (χ1v) is 9.24. The van der Waals surface area contributed by atoms with E-state index in [9.17, 15) is 14.0 Å². The van der Waals surface area contributed by atoms with Crippen molar-refractivity contribution in [3.8, 4) is 5.75 Å². The van der Waals surface area contributed by atoms with Crippen LogP contribution in [0.1, 0.15) is 41.6 Å². The maximum Gasteiger partial charge on any atom is 0.291 e. The number of carbonyl (C=O) groups is 2. The Hall–Kier alpha value is -3.49. The number of hydrogen-bond donors (Lipinski definition) is 2. The number of fused-ring (bicyclic) bond motifs is 2. The van der Waals surface area contributed by atoms with E-state index in [1.807, 2.05) is 26.0 Å². The summed E-state index contributed by atoms with van der Waals surface area (Å²) >= 11 is 0. The molecule has 1 aliphatic heterocycles. The van der Waals surface area contributed by atoms with Crippen molar-refractivity contribution in [3.63, 3.8) is 0 Å². The SMILES string of the molecule is Cc1cc(F)c2c(c1)OCC(NC(=O)c1nc3cccc(C(C)C)n3n1)C(=O)N2. The van der Waals surface area contributed by atoms with Gasteiger partial charge in [0.1, 0.15) is 24.1 Å². The van der Waals surface area contributed by atoms with Crippen molar-refractivity contribution in [2.75, 3.05) is 11.9 Å². The van der Waals surface area contributed by atoms with Crippen molar-refractivity contribution in [1.82, 2.24) is 19.9 Å². The van der Waals surface area contributed by atoms with E-state index in [1.54, 1.807) is 23.6 Å². The zero-order valence-electron chi connectivity index (χ0n) is 16.2. The molecule has 0 spiro atoms. The van der Waals surface area contributed by atoms with Gasteiger partial charge in [0.15, 0.2) is 11.5 Å². The van der Waals surface area contributed by atoms with Gasteiger partial charge in [0.25, 0.3) is 11.8 Å². The molecule has 150 valence electrons. The fourth-order valence-corrected chi connectivity index (χ4v) is 3.19. The van der Waals surface area contributed by atoms with Crippen molar-refractivity contribution in [1.29, 1.82) is 0 Å². The van der Waals surface area contributed by atoms with Gasteiger partial charge < -0.3 is 15.4 Å². The summed E-state index contributed by atoms with van der Waals surface area (Å²) in [4.78, 5) is 29.4. The van der Waals surface area contributed by atoms with E-state index in [0.29, 0.717) is 11.2 Å². The highest BCUT2D eigenvalue weighted by atomic mass is 19.1. The van der Waals surface area contributed by atoms with Gasteiger partial charge >= 0.3 is 0 Å². The summed E-state index contributed by atoms with van der Waals surface area (Å²) in [5, 5.41) is 9.32. The summed E-state index contributed by atoms with van der Waals surface area (Å²) < 4.78 is 21.3. The van der Waals surface area contributed by atoms with Gasteiger partial charge in [-0.25, -0.2) is 13.9 Å². The summed E-state index contributed by atoms with van der Waals surface area (Å²) in [6.07, 6.45) is 0. The third-order valence-electron chi connectivity index (χ3n) is 4.66. The van der Waals surface area contributed by atoms with Crippen LogP contribution in [0, 0.1) is 12.7 Å². The predicted octanol–water partition coefficient (Wildman–Crippen LogP) is 2.43. The highest BCUT2D eigenvalue weighted by Gasteiger charge is 2.29. The molecular formula is C20H20FN5O3.